The molecule has 1 spiro atoms. The number of nitrogens with zero attached hydrogens (tertiary/aromatic N) is 2. The van der Waals surface area contributed by atoms with Crippen LogP contribution in [0.15, 0.2) is 30.5 Å². The lowest BCUT2D eigenvalue weighted by atomic mass is 9.95. The molecular formula is C15H13N3O2. The average Bonchev–Trinajstić information content (AvgIpc) is 2.91. The Morgan fingerprint density at radius 3 is 2.70 bits per heavy atom. The highest BCUT2D eigenvalue weighted by molar-refractivity contribution is 6.07. The minimum absolute atomic E-state index is 0.196. The number of urea groups is 1. The second kappa shape index (κ2) is 3.56. The highest BCUT2D eigenvalue weighted by Crippen LogP contribution is 2.38. The molecule has 5 heteroatoms. The summed E-state index contributed by atoms with van der Waals surface area (Å²) in [5.74, 6) is -0.196. The second-order valence-electron chi connectivity index (χ2n) is 5.52. The Kier molecular flexibility index (Phi) is 2.03. The standard InChI is InChI=1S/C15H13N3O2/c1-18-14(20)17-13(19)15(18)7-10-5-9-3-2-4-16-12(9)6-11(10)8-15/h2-6H,7-8H2,1H3,(H,17,19,20)/t15-/m1/s1. The van der Waals surface area contributed by atoms with Gasteiger partial charge in [-0.15, -0.1) is 0 Å². The van der Waals surface area contributed by atoms with Crippen LogP contribution in [0.2, 0.25) is 0 Å². The van der Waals surface area contributed by atoms with E-state index in [1.807, 2.05) is 18.2 Å². The van der Waals surface area contributed by atoms with Gasteiger partial charge in [0.05, 0.1) is 5.52 Å². The number of rotatable bonds is 0. The van der Waals surface area contributed by atoms with Gasteiger partial charge >= 0.3 is 6.03 Å². The van der Waals surface area contributed by atoms with Gasteiger partial charge in [-0.05, 0) is 29.3 Å². The molecule has 0 radical (unpaired) electrons. The van der Waals surface area contributed by atoms with E-state index in [0.717, 1.165) is 22.0 Å². The summed E-state index contributed by atoms with van der Waals surface area (Å²) in [6.07, 6.45) is 2.89. The topological polar surface area (TPSA) is 62.3 Å². The van der Waals surface area contributed by atoms with Gasteiger partial charge in [-0.1, -0.05) is 6.07 Å². The predicted molar refractivity (Wildman–Crippen MR) is 73.2 cm³/mol. The lowest BCUT2D eigenvalue weighted by Gasteiger charge is -2.27. The van der Waals surface area contributed by atoms with Crippen LogP contribution in [0.1, 0.15) is 11.1 Å². The molecule has 1 atom stereocenters. The molecular weight excluding hydrogens is 254 g/mol. The van der Waals surface area contributed by atoms with Gasteiger partial charge in [0, 0.05) is 31.5 Å². The number of carbonyl (C=O) groups excluding carboxylic acids is 2. The van der Waals surface area contributed by atoms with Gasteiger partial charge in [-0.25, -0.2) is 4.79 Å². The van der Waals surface area contributed by atoms with Gasteiger partial charge < -0.3 is 4.90 Å². The van der Waals surface area contributed by atoms with Crippen molar-refractivity contribution in [3.8, 4) is 0 Å². The van der Waals surface area contributed by atoms with Gasteiger partial charge in [-0.3, -0.25) is 15.1 Å². The lowest BCUT2D eigenvalue weighted by molar-refractivity contribution is -0.125. The van der Waals surface area contributed by atoms with Crippen LogP contribution in [0.3, 0.4) is 0 Å². The quantitative estimate of drug-likeness (QED) is 0.731. The number of benzene rings is 1. The molecule has 1 N–H and O–H groups in total. The van der Waals surface area contributed by atoms with Gasteiger partial charge in [-0.2, -0.15) is 0 Å². The van der Waals surface area contributed by atoms with Gasteiger partial charge in [0.25, 0.3) is 5.91 Å². The Morgan fingerprint density at radius 1 is 1.25 bits per heavy atom. The highest BCUT2D eigenvalue weighted by atomic mass is 16.2. The molecule has 1 aromatic carbocycles. The summed E-state index contributed by atoms with van der Waals surface area (Å²) in [5.41, 5.74) is 2.40. The highest BCUT2D eigenvalue weighted by Gasteiger charge is 2.54. The first kappa shape index (κ1) is 11.4. The van der Waals surface area contributed by atoms with E-state index >= 15 is 0 Å². The molecule has 0 unspecified atom stereocenters. The minimum atomic E-state index is -0.753. The molecule has 0 saturated carbocycles. The Hall–Kier alpha value is -2.43. The van der Waals surface area contributed by atoms with E-state index in [0.29, 0.717) is 12.8 Å². The number of likely N-dealkylation sites (N-methyl/N-ethyl adjacent to an activating group) is 1. The number of hydrogen-bond acceptors (Lipinski definition) is 3. The fourth-order valence-electron chi connectivity index (χ4n) is 3.27. The van der Waals surface area contributed by atoms with Crippen molar-refractivity contribution in [2.24, 2.45) is 0 Å². The molecule has 0 bridgehead atoms. The number of nitrogens with one attached hydrogen (secondary N) is 1. The summed E-state index contributed by atoms with van der Waals surface area (Å²) in [4.78, 5) is 29.8. The van der Waals surface area contributed by atoms with E-state index in [9.17, 15) is 9.59 Å². The lowest BCUT2D eigenvalue weighted by Crippen LogP contribution is -2.48. The average molecular weight is 267 g/mol. The number of amides is 3. The molecule has 3 amide bonds. The van der Waals surface area contributed by atoms with Crippen molar-refractivity contribution in [2.45, 2.75) is 18.4 Å². The number of imide groups is 1. The van der Waals surface area contributed by atoms with Crippen molar-refractivity contribution in [2.75, 3.05) is 7.05 Å². The molecule has 1 fully saturated rings. The predicted octanol–water partition coefficient (Wildman–Crippen LogP) is 1.25. The van der Waals surface area contributed by atoms with E-state index in [1.165, 1.54) is 4.90 Å². The van der Waals surface area contributed by atoms with Gasteiger partial charge in [0.1, 0.15) is 5.54 Å². The van der Waals surface area contributed by atoms with Crippen LogP contribution in [0.4, 0.5) is 4.79 Å². The van der Waals surface area contributed by atoms with E-state index in [1.54, 1.807) is 13.2 Å². The van der Waals surface area contributed by atoms with Crippen LogP contribution in [0, 0.1) is 0 Å². The van der Waals surface area contributed by atoms with E-state index in [4.69, 9.17) is 0 Å². The summed E-state index contributed by atoms with van der Waals surface area (Å²) in [7, 11) is 1.68. The van der Waals surface area contributed by atoms with Crippen LogP contribution in [0.5, 0.6) is 0 Å². The summed E-state index contributed by atoms with van der Waals surface area (Å²) in [6.45, 7) is 0. The molecule has 20 heavy (non-hydrogen) atoms. The van der Waals surface area contributed by atoms with E-state index in [-0.39, 0.29) is 11.9 Å². The third-order valence-electron chi connectivity index (χ3n) is 4.48. The van der Waals surface area contributed by atoms with Crippen LogP contribution >= 0.6 is 0 Å². The molecule has 2 aromatic rings. The molecule has 100 valence electrons. The van der Waals surface area contributed by atoms with Crippen LogP contribution < -0.4 is 5.32 Å². The van der Waals surface area contributed by atoms with Crippen LogP contribution in [-0.4, -0.2) is 34.4 Å². The molecule has 2 aliphatic rings. The molecule has 1 saturated heterocycles. The summed E-state index contributed by atoms with van der Waals surface area (Å²) < 4.78 is 0. The van der Waals surface area contributed by atoms with E-state index < -0.39 is 5.54 Å². The number of aromatic nitrogens is 1. The van der Waals surface area contributed by atoms with Gasteiger partial charge in [0.15, 0.2) is 0 Å². The summed E-state index contributed by atoms with van der Waals surface area (Å²) in [6, 6.07) is 7.71. The van der Waals surface area contributed by atoms with Crippen molar-refractivity contribution in [3.05, 3.63) is 41.6 Å². The number of carbonyl (C=O) groups is 2. The summed E-state index contributed by atoms with van der Waals surface area (Å²) in [5, 5.41) is 3.47. The third-order valence-corrected chi connectivity index (χ3v) is 4.48. The Morgan fingerprint density at radius 2 is 2.00 bits per heavy atom. The maximum Gasteiger partial charge on any atom is 0.324 e. The van der Waals surface area contributed by atoms with Crippen LogP contribution in [-0.2, 0) is 17.6 Å². The SMILES string of the molecule is CN1C(=O)NC(=O)[C@]12Cc1cc3cccnc3cc1C2. The fourth-order valence-corrected chi connectivity index (χ4v) is 3.27. The minimum Gasteiger partial charge on any atom is -0.312 e. The zero-order valence-electron chi connectivity index (χ0n) is 11.0. The monoisotopic (exact) mass is 267 g/mol. The number of pyridine rings is 1. The molecule has 1 aromatic heterocycles. The summed E-state index contributed by atoms with van der Waals surface area (Å²) >= 11 is 0. The number of hydrogen-bond donors (Lipinski definition) is 1. The molecule has 1 aliphatic carbocycles. The first-order valence-corrected chi connectivity index (χ1v) is 6.56. The van der Waals surface area contributed by atoms with Crippen molar-refractivity contribution < 1.29 is 9.59 Å². The Bertz CT molecular complexity index is 724. The zero-order valence-corrected chi connectivity index (χ0v) is 11.0. The molecule has 4 rings (SSSR count). The van der Waals surface area contributed by atoms with Gasteiger partial charge in [0.2, 0.25) is 0 Å². The van der Waals surface area contributed by atoms with Crippen molar-refractivity contribution in [3.63, 3.8) is 0 Å². The fraction of sp³-hybridized carbons (Fsp3) is 0.267. The zero-order chi connectivity index (χ0) is 13.9. The van der Waals surface area contributed by atoms with Crippen molar-refractivity contribution in [1.29, 1.82) is 0 Å². The first-order valence-electron chi connectivity index (χ1n) is 6.56. The maximum absolute atomic E-state index is 12.2. The normalized spacial score (nSPS) is 24.6. The smallest absolute Gasteiger partial charge is 0.312 e. The largest absolute Gasteiger partial charge is 0.324 e. The Balaban J connectivity index is 1.86. The third kappa shape index (κ3) is 1.29. The van der Waals surface area contributed by atoms with Crippen molar-refractivity contribution >= 4 is 22.8 Å². The number of fused-ring (bicyclic) bond motifs is 2. The maximum atomic E-state index is 12.2. The molecule has 1 aliphatic heterocycles. The first-order chi connectivity index (χ1) is 9.60. The Labute approximate surface area is 115 Å². The van der Waals surface area contributed by atoms with Crippen LogP contribution in [0.25, 0.3) is 10.9 Å². The second-order valence-corrected chi connectivity index (χ2v) is 5.52. The van der Waals surface area contributed by atoms with Crippen molar-refractivity contribution in [1.82, 2.24) is 15.2 Å². The molecule has 2 heterocycles. The van der Waals surface area contributed by atoms with E-state index in [2.05, 4.69) is 16.4 Å². The molecule has 5 nitrogen and oxygen atoms in total.